The second-order valence-corrected chi connectivity index (χ2v) is 34.2. The van der Waals surface area contributed by atoms with Gasteiger partial charge < -0.3 is 33.8 Å². The van der Waals surface area contributed by atoms with E-state index in [1.807, 2.05) is 0 Å². The van der Waals surface area contributed by atoms with Gasteiger partial charge in [0, 0.05) is 25.7 Å². The number of hydrogen-bond donors (Lipinski definition) is 3. The van der Waals surface area contributed by atoms with E-state index in [0.29, 0.717) is 25.7 Å². The van der Waals surface area contributed by atoms with E-state index in [9.17, 15) is 43.2 Å². The SMILES string of the molecule is CCC(C)CCCCCCCCCCCCCCCCC(=O)OC[C@H](COP(=O)(O)OC[C@@H](O)COP(=O)(O)OC[C@@H](COC(=O)CCCCCCCCCCCC(C)C)OC(=O)CCCCCCCCCCCCC(C)CC)OC(=O)CCCCCCCCCCCCCCCCCC(C)C. The first-order valence-corrected chi connectivity index (χ1v) is 45.8. The number of hydrogen-bond acceptors (Lipinski definition) is 15. The van der Waals surface area contributed by atoms with Crippen molar-refractivity contribution in [2.75, 3.05) is 39.6 Å². The van der Waals surface area contributed by atoms with Crippen LogP contribution < -0.4 is 0 Å². The standard InChI is InChI=1S/C83H162O17P2/c1-9-75(7)61-53-45-37-29-21-17-14-15-18-22-31-39-47-55-63-80(85)93-69-78(99-82(87)65-57-49-41-32-23-19-13-11-12-16-20-27-35-43-51-59-73(3)4)71-97-101(89,90)95-67-77(84)68-96-102(91,92)98-72-79(70-94-81(86)64-56-48-40-34-26-28-36-44-52-60-74(5)6)100-83(88)66-58-50-42-33-25-24-30-38-46-54-62-76(8)10-2/h73-79,84H,9-72H2,1-8H3,(H,89,90)(H,91,92)/t75?,76?,77-,78-,79-/m1/s1. The van der Waals surface area contributed by atoms with Crippen LogP contribution in [0, 0.1) is 23.7 Å². The maximum absolute atomic E-state index is 13.1. The van der Waals surface area contributed by atoms with Crippen molar-refractivity contribution in [3.05, 3.63) is 0 Å². The molecule has 0 aliphatic carbocycles. The number of phosphoric acid groups is 2. The highest BCUT2D eigenvalue weighted by Gasteiger charge is 2.30. The quantitative estimate of drug-likeness (QED) is 0.0222. The van der Waals surface area contributed by atoms with Gasteiger partial charge in [-0.2, -0.15) is 0 Å². The molecule has 7 atom stereocenters. The molecule has 0 aromatic carbocycles. The van der Waals surface area contributed by atoms with E-state index >= 15 is 0 Å². The van der Waals surface area contributed by atoms with Gasteiger partial charge in [-0.15, -0.1) is 0 Å². The number of rotatable bonds is 80. The van der Waals surface area contributed by atoms with Gasteiger partial charge in [0.1, 0.15) is 19.3 Å². The summed E-state index contributed by atoms with van der Waals surface area (Å²) < 4.78 is 68.8. The Kier molecular flexibility index (Phi) is 70.6. The number of phosphoric ester groups is 2. The minimum Gasteiger partial charge on any atom is -0.462 e. The molecular formula is C83H162O17P2. The Balaban J connectivity index is 5.27. The summed E-state index contributed by atoms with van der Waals surface area (Å²) >= 11 is 0. The zero-order valence-corrected chi connectivity index (χ0v) is 69.0. The van der Waals surface area contributed by atoms with E-state index < -0.39 is 97.5 Å². The lowest BCUT2D eigenvalue weighted by atomic mass is 9.99. The highest BCUT2D eigenvalue weighted by atomic mass is 31.2. The molecule has 0 aliphatic heterocycles. The minimum absolute atomic E-state index is 0.106. The normalized spacial score (nSPS) is 14.5. The summed E-state index contributed by atoms with van der Waals surface area (Å²) in [6, 6.07) is 0. The van der Waals surface area contributed by atoms with E-state index in [1.54, 1.807) is 0 Å². The molecule has 0 saturated carbocycles. The minimum atomic E-state index is -4.96. The summed E-state index contributed by atoms with van der Waals surface area (Å²) in [7, 11) is -9.93. The fourth-order valence-electron chi connectivity index (χ4n) is 12.7. The van der Waals surface area contributed by atoms with E-state index in [2.05, 4.69) is 55.4 Å². The van der Waals surface area contributed by atoms with Gasteiger partial charge in [0.15, 0.2) is 12.2 Å². The summed E-state index contributed by atoms with van der Waals surface area (Å²) in [6.45, 7) is 14.3. The van der Waals surface area contributed by atoms with Crippen molar-refractivity contribution in [1.29, 1.82) is 0 Å². The summed E-state index contributed by atoms with van der Waals surface area (Å²) in [5.74, 6) is 1.09. The number of unbranched alkanes of at least 4 members (excludes halogenated alkanes) is 44. The van der Waals surface area contributed by atoms with E-state index in [1.165, 1.54) is 231 Å². The molecule has 0 rings (SSSR count). The van der Waals surface area contributed by atoms with Crippen molar-refractivity contribution in [3.8, 4) is 0 Å². The fraction of sp³-hybridized carbons (Fsp3) is 0.952. The number of aliphatic hydroxyl groups is 1. The first-order chi connectivity index (χ1) is 49.2. The zero-order chi connectivity index (χ0) is 75.3. The predicted octanol–water partition coefficient (Wildman–Crippen LogP) is 24.8. The van der Waals surface area contributed by atoms with Crippen LogP contribution >= 0.6 is 15.6 Å². The second kappa shape index (κ2) is 72.0. The highest BCUT2D eigenvalue weighted by Crippen LogP contribution is 2.45. The van der Waals surface area contributed by atoms with E-state index in [-0.39, 0.29) is 25.7 Å². The van der Waals surface area contributed by atoms with Gasteiger partial charge >= 0.3 is 39.5 Å². The van der Waals surface area contributed by atoms with Crippen LogP contribution in [0.3, 0.4) is 0 Å². The Morgan fingerprint density at radius 1 is 0.275 bits per heavy atom. The van der Waals surface area contributed by atoms with Gasteiger partial charge in [0.05, 0.1) is 26.4 Å². The number of aliphatic hydroxyl groups excluding tert-OH is 1. The average Bonchev–Trinajstić information content (AvgIpc) is 0.908. The van der Waals surface area contributed by atoms with Gasteiger partial charge in [-0.3, -0.25) is 37.3 Å². The lowest BCUT2D eigenvalue weighted by Gasteiger charge is -2.21. The third kappa shape index (κ3) is 73.6. The Hall–Kier alpha value is -1.94. The van der Waals surface area contributed by atoms with Crippen molar-refractivity contribution < 1.29 is 80.2 Å². The topological polar surface area (TPSA) is 237 Å². The van der Waals surface area contributed by atoms with Gasteiger partial charge in [-0.1, -0.05) is 376 Å². The molecule has 0 spiro atoms. The molecule has 3 N–H and O–H groups in total. The zero-order valence-electron chi connectivity index (χ0n) is 67.2. The van der Waals surface area contributed by atoms with Crippen LogP contribution in [0.25, 0.3) is 0 Å². The van der Waals surface area contributed by atoms with Crippen molar-refractivity contribution in [2.24, 2.45) is 23.7 Å². The first-order valence-electron chi connectivity index (χ1n) is 42.8. The molecule has 0 amide bonds. The molecule has 0 aromatic heterocycles. The molecule has 0 radical (unpaired) electrons. The molecule has 19 heteroatoms. The number of esters is 4. The number of carbonyl (C=O) groups is 4. The molecular weight excluding hydrogens is 1330 g/mol. The molecule has 0 bridgehead atoms. The van der Waals surface area contributed by atoms with Gasteiger partial charge in [-0.05, 0) is 49.4 Å². The smallest absolute Gasteiger partial charge is 0.462 e. The lowest BCUT2D eigenvalue weighted by molar-refractivity contribution is -0.161. The molecule has 606 valence electrons. The van der Waals surface area contributed by atoms with Gasteiger partial charge in [0.25, 0.3) is 0 Å². The van der Waals surface area contributed by atoms with Crippen molar-refractivity contribution >= 4 is 39.5 Å². The van der Waals surface area contributed by atoms with Crippen molar-refractivity contribution in [3.63, 3.8) is 0 Å². The maximum atomic E-state index is 13.1. The van der Waals surface area contributed by atoms with Gasteiger partial charge in [0.2, 0.25) is 0 Å². The molecule has 4 unspecified atom stereocenters. The Bertz CT molecular complexity index is 1990. The monoisotopic (exact) mass is 1490 g/mol. The Morgan fingerprint density at radius 3 is 0.696 bits per heavy atom. The summed E-state index contributed by atoms with van der Waals surface area (Å²) in [5.41, 5.74) is 0. The molecule has 0 fully saturated rings. The average molecular weight is 1490 g/mol. The summed E-state index contributed by atoms with van der Waals surface area (Å²) in [6.07, 6.45) is 59.5. The van der Waals surface area contributed by atoms with Crippen LogP contribution in [0.5, 0.6) is 0 Å². The second-order valence-electron chi connectivity index (χ2n) is 31.3. The van der Waals surface area contributed by atoms with Gasteiger partial charge in [-0.25, -0.2) is 9.13 Å². The summed E-state index contributed by atoms with van der Waals surface area (Å²) in [4.78, 5) is 73.1. The first kappa shape index (κ1) is 100. The number of carbonyl (C=O) groups excluding carboxylic acids is 4. The highest BCUT2D eigenvalue weighted by molar-refractivity contribution is 7.47. The van der Waals surface area contributed by atoms with Crippen LogP contribution in [-0.2, 0) is 65.4 Å². The Morgan fingerprint density at radius 2 is 0.471 bits per heavy atom. The number of ether oxygens (including phenoxy) is 4. The maximum Gasteiger partial charge on any atom is 0.472 e. The van der Waals surface area contributed by atoms with Crippen LogP contribution in [0.1, 0.15) is 428 Å². The molecule has 102 heavy (non-hydrogen) atoms. The van der Waals surface area contributed by atoms with E-state index in [4.69, 9.17) is 37.0 Å². The fourth-order valence-corrected chi connectivity index (χ4v) is 14.3. The molecule has 0 heterocycles. The van der Waals surface area contributed by atoms with Crippen LogP contribution in [-0.4, -0.2) is 96.7 Å². The molecule has 0 aromatic rings. The predicted molar refractivity (Wildman–Crippen MR) is 418 cm³/mol. The third-order valence-corrected chi connectivity index (χ3v) is 21.9. The van der Waals surface area contributed by atoms with Crippen LogP contribution in [0.4, 0.5) is 0 Å². The molecule has 0 saturated heterocycles. The molecule has 0 aliphatic rings. The van der Waals surface area contributed by atoms with E-state index in [0.717, 1.165) is 114 Å². The van der Waals surface area contributed by atoms with Crippen molar-refractivity contribution in [1.82, 2.24) is 0 Å². The summed E-state index contributed by atoms with van der Waals surface area (Å²) in [5, 5.41) is 10.7. The lowest BCUT2D eigenvalue weighted by Crippen LogP contribution is -2.30. The third-order valence-electron chi connectivity index (χ3n) is 20.0. The Labute approximate surface area is 626 Å². The van der Waals surface area contributed by atoms with Crippen LogP contribution in [0.15, 0.2) is 0 Å². The largest absolute Gasteiger partial charge is 0.472 e. The van der Waals surface area contributed by atoms with Crippen LogP contribution in [0.2, 0.25) is 0 Å². The van der Waals surface area contributed by atoms with Crippen molar-refractivity contribution in [2.45, 2.75) is 446 Å². The molecule has 17 nitrogen and oxygen atoms in total.